The minimum atomic E-state index is -0.676. The monoisotopic (exact) mass is 460 g/mol. The molecular weight excluding hydrogens is 431 g/mol. The van der Waals surface area contributed by atoms with E-state index in [1.807, 2.05) is 75.4 Å². The van der Waals surface area contributed by atoms with Gasteiger partial charge in [-0.3, -0.25) is 4.90 Å². The van der Waals surface area contributed by atoms with Crippen molar-refractivity contribution in [2.75, 3.05) is 12.0 Å². The second-order valence-electron chi connectivity index (χ2n) is 9.40. The van der Waals surface area contributed by atoms with E-state index in [9.17, 15) is 9.18 Å². The third kappa shape index (κ3) is 4.96. The zero-order valence-electron chi connectivity index (χ0n) is 20.1. The Morgan fingerprint density at radius 2 is 1.85 bits per heavy atom. The maximum Gasteiger partial charge on any atom is 0.416 e. The highest BCUT2D eigenvalue weighted by molar-refractivity contribution is 5.88. The number of hydrogen-bond acceptors (Lipinski definition) is 4. The highest BCUT2D eigenvalue weighted by atomic mass is 19.1. The number of aromatic nitrogens is 1. The first-order valence-electron chi connectivity index (χ1n) is 11.2. The Labute approximate surface area is 199 Å². The molecule has 0 saturated carbocycles. The quantitative estimate of drug-likeness (QED) is 0.428. The first-order valence-corrected chi connectivity index (χ1v) is 11.2. The van der Waals surface area contributed by atoms with E-state index >= 15 is 0 Å². The second kappa shape index (κ2) is 9.29. The van der Waals surface area contributed by atoms with Crippen LogP contribution >= 0.6 is 0 Å². The summed E-state index contributed by atoms with van der Waals surface area (Å²) in [5, 5.41) is 0. The van der Waals surface area contributed by atoms with Crippen molar-refractivity contribution in [1.29, 1.82) is 0 Å². The van der Waals surface area contributed by atoms with Crippen molar-refractivity contribution in [2.45, 2.75) is 45.8 Å². The Balaban J connectivity index is 1.76. The molecule has 0 aliphatic heterocycles. The van der Waals surface area contributed by atoms with Gasteiger partial charge in [0.2, 0.25) is 0 Å². The first-order chi connectivity index (χ1) is 16.2. The molecule has 1 aromatic heterocycles. The largest absolute Gasteiger partial charge is 0.497 e. The van der Waals surface area contributed by atoms with E-state index in [2.05, 4.69) is 4.98 Å². The van der Waals surface area contributed by atoms with Crippen LogP contribution in [0.25, 0.3) is 6.08 Å². The van der Waals surface area contributed by atoms with Crippen molar-refractivity contribution in [3.05, 3.63) is 94.4 Å². The Morgan fingerprint density at radius 1 is 1.12 bits per heavy atom. The molecule has 1 atom stereocenters. The van der Waals surface area contributed by atoms with E-state index < -0.39 is 11.7 Å². The number of benzene rings is 2. The normalized spacial score (nSPS) is 14.6. The molecule has 1 aliphatic carbocycles. The average molecular weight is 461 g/mol. The molecule has 5 nitrogen and oxygen atoms in total. The lowest BCUT2D eigenvalue weighted by molar-refractivity contribution is 0.0576. The summed E-state index contributed by atoms with van der Waals surface area (Å²) in [7, 11) is 1.61. The van der Waals surface area contributed by atoms with Gasteiger partial charge in [0.1, 0.15) is 23.0 Å². The molecule has 2 aromatic carbocycles. The number of carbonyl (C=O) groups excluding carboxylic acids is 1. The fraction of sp³-hybridized carbons (Fsp3) is 0.286. The van der Waals surface area contributed by atoms with Gasteiger partial charge < -0.3 is 9.47 Å². The van der Waals surface area contributed by atoms with E-state index in [0.717, 1.165) is 28.0 Å². The van der Waals surface area contributed by atoms with Crippen molar-refractivity contribution in [2.24, 2.45) is 0 Å². The summed E-state index contributed by atoms with van der Waals surface area (Å²) in [6.07, 6.45) is 5.16. The number of aryl methyl sites for hydroxylation is 1. The summed E-state index contributed by atoms with van der Waals surface area (Å²) in [5.74, 6) is 0.738. The van der Waals surface area contributed by atoms with E-state index in [0.29, 0.717) is 11.4 Å². The van der Waals surface area contributed by atoms with Gasteiger partial charge in [-0.1, -0.05) is 30.4 Å². The number of hydrogen-bond donors (Lipinski definition) is 0. The number of ether oxygens (including phenoxy) is 2. The molecule has 0 saturated heterocycles. The Morgan fingerprint density at radius 3 is 2.53 bits per heavy atom. The number of anilines is 1. The maximum absolute atomic E-state index is 14.4. The smallest absolute Gasteiger partial charge is 0.416 e. The van der Waals surface area contributed by atoms with Gasteiger partial charge in [0.25, 0.3) is 0 Å². The SMILES string of the molecule is COc1ccc(CN(C(=O)OC(C)(C)C)c2ncccc2C2C=Cc3cc(C)c(F)cc32)cc1. The van der Waals surface area contributed by atoms with Gasteiger partial charge in [-0.15, -0.1) is 0 Å². The molecule has 0 bridgehead atoms. The van der Waals surface area contributed by atoms with Crippen LogP contribution in [0.4, 0.5) is 15.0 Å². The van der Waals surface area contributed by atoms with Crippen LogP contribution in [-0.4, -0.2) is 23.8 Å². The van der Waals surface area contributed by atoms with Gasteiger partial charge in [-0.25, -0.2) is 14.2 Å². The topological polar surface area (TPSA) is 51.7 Å². The second-order valence-corrected chi connectivity index (χ2v) is 9.40. The predicted molar refractivity (Wildman–Crippen MR) is 132 cm³/mol. The van der Waals surface area contributed by atoms with Gasteiger partial charge >= 0.3 is 6.09 Å². The molecule has 3 aromatic rings. The zero-order valence-corrected chi connectivity index (χ0v) is 20.1. The van der Waals surface area contributed by atoms with Crippen LogP contribution in [0.15, 0.2) is 60.8 Å². The number of nitrogens with zero attached hydrogens (tertiary/aromatic N) is 2. The third-order valence-electron chi connectivity index (χ3n) is 5.69. The lowest BCUT2D eigenvalue weighted by Crippen LogP contribution is -2.37. The average Bonchev–Trinajstić information content (AvgIpc) is 3.19. The number of carbonyl (C=O) groups is 1. The van der Waals surface area contributed by atoms with Crippen molar-refractivity contribution in [3.63, 3.8) is 0 Å². The van der Waals surface area contributed by atoms with E-state index in [-0.39, 0.29) is 18.3 Å². The summed E-state index contributed by atoms with van der Waals surface area (Å²) in [6, 6.07) is 14.7. The minimum Gasteiger partial charge on any atom is -0.497 e. The molecule has 1 amide bonds. The van der Waals surface area contributed by atoms with Crippen molar-refractivity contribution >= 4 is 18.0 Å². The van der Waals surface area contributed by atoms with Gasteiger partial charge in [-0.2, -0.15) is 0 Å². The number of allylic oxidation sites excluding steroid dienone is 1. The molecule has 176 valence electrons. The standard InChI is InChI=1S/C28H29FN2O3/c1-18-15-20-10-13-22(24(20)16-25(18)29)23-7-6-14-30-26(23)31(27(32)34-28(2,3)4)17-19-8-11-21(33-5)12-9-19/h6-16,22H,17H2,1-5H3. The molecule has 1 unspecified atom stereocenters. The van der Waals surface area contributed by atoms with Crippen LogP contribution in [0.5, 0.6) is 5.75 Å². The summed E-state index contributed by atoms with van der Waals surface area (Å²) in [5.41, 5.74) is 3.45. The van der Waals surface area contributed by atoms with Crippen LogP contribution in [0.3, 0.4) is 0 Å². The van der Waals surface area contributed by atoms with E-state index in [1.165, 1.54) is 0 Å². The molecule has 34 heavy (non-hydrogen) atoms. The van der Waals surface area contributed by atoms with Gasteiger partial charge in [0.15, 0.2) is 0 Å². The van der Waals surface area contributed by atoms with Crippen LogP contribution < -0.4 is 9.64 Å². The Bertz CT molecular complexity index is 1230. The molecule has 0 fully saturated rings. The van der Waals surface area contributed by atoms with Crippen LogP contribution in [0, 0.1) is 12.7 Å². The fourth-order valence-electron chi connectivity index (χ4n) is 4.04. The number of methoxy groups -OCH3 is 1. The molecule has 0 spiro atoms. The van der Waals surface area contributed by atoms with Gasteiger partial charge in [0, 0.05) is 17.7 Å². The minimum absolute atomic E-state index is 0.227. The molecule has 1 heterocycles. The fourth-order valence-corrected chi connectivity index (χ4v) is 4.04. The van der Waals surface area contributed by atoms with E-state index in [1.54, 1.807) is 31.2 Å². The first kappa shape index (κ1) is 23.5. The van der Waals surface area contributed by atoms with Crippen LogP contribution in [-0.2, 0) is 11.3 Å². The van der Waals surface area contributed by atoms with Crippen LogP contribution in [0.1, 0.15) is 54.5 Å². The van der Waals surface area contributed by atoms with Crippen molar-refractivity contribution < 1.29 is 18.7 Å². The van der Waals surface area contributed by atoms with Gasteiger partial charge in [0.05, 0.1) is 13.7 Å². The summed E-state index contributed by atoms with van der Waals surface area (Å²) in [6.45, 7) is 7.50. The summed E-state index contributed by atoms with van der Waals surface area (Å²) < 4.78 is 25.4. The van der Waals surface area contributed by atoms with Crippen molar-refractivity contribution in [1.82, 2.24) is 4.98 Å². The zero-order chi connectivity index (χ0) is 24.5. The molecule has 4 rings (SSSR count). The third-order valence-corrected chi connectivity index (χ3v) is 5.69. The number of amides is 1. The lowest BCUT2D eigenvalue weighted by atomic mass is 9.92. The Kier molecular flexibility index (Phi) is 6.42. The van der Waals surface area contributed by atoms with Crippen LogP contribution in [0.2, 0.25) is 0 Å². The number of pyridine rings is 1. The van der Waals surface area contributed by atoms with Crippen molar-refractivity contribution in [3.8, 4) is 5.75 Å². The number of fused-ring (bicyclic) bond motifs is 1. The highest BCUT2D eigenvalue weighted by Gasteiger charge is 2.30. The maximum atomic E-state index is 14.4. The summed E-state index contributed by atoms with van der Waals surface area (Å²) >= 11 is 0. The summed E-state index contributed by atoms with van der Waals surface area (Å²) in [4.78, 5) is 19.5. The molecular formula is C28H29FN2O3. The molecule has 0 radical (unpaired) electrons. The predicted octanol–water partition coefficient (Wildman–Crippen LogP) is 6.64. The molecule has 6 heteroatoms. The Hall–Kier alpha value is -3.67. The highest BCUT2D eigenvalue weighted by Crippen LogP contribution is 2.40. The van der Waals surface area contributed by atoms with E-state index in [4.69, 9.17) is 9.47 Å². The molecule has 1 aliphatic rings. The lowest BCUT2D eigenvalue weighted by Gasteiger charge is -2.29. The number of halogens is 1. The van der Waals surface area contributed by atoms with Gasteiger partial charge in [-0.05, 0) is 80.3 Å². The number of rotatable bonds is 5. The molecule has 0 N–H and O–H groups in total.